The van der Waals surface area contributed by atoms with Gasteiger partial charge >= 0.3 is 0 Å². The summed E-state index contributed by atoms with van der Waals surface area (Å²) in [5.74, 6) is 0.937. The Bertz CT molecular complexity index is 957. The fourth-order valence-corrected chi connectivity index (χ4v) is 4.52. The van der Waals surface area contributed by atoms with Crippen LogP contribution in [0.3, 0.4) is 0 Å². The average molecular weight is 404 g/mol. The Labute approximate surface area is 178 Å². The van der Waals surface area contributed by atoms with Gasteiger partial charge in [0, 0.05) is 30.0 Å². The first-order valence-electron chi connectivity index (χ1n) is 11.0. The molecule has 2 aromatic rings. The van der Waals surface area contributed by atoms with Crippen LogP contribution in [-0.2, 0) is 16.0 Å². The topological polar surface area (TPSA) is 55.4 Å². The minimum atomic E-state index is -0.141. The monoisotopic (exact) mass is 403 g/mol. The van der Waals surface area contributed by atoms with E-state index in [1.807, 2.05) is 24.3 Å². The molecule has 0 spiro atoms. The maximum absolute atomic E-state index is 13.2. The van der Waals surface area contributed by atoms with Gasteiger partial charge in [-0.2, -0.15) is 0 Å². The molecule has 2 aliphatic rings. The zero-order valence-electron chi connectivity index (χ0n) is 17.7. The van der Waals surface area contributed by atoms with Crippen molar-refractivity contribution in [3.8, 4) is 5.75 Å². The fraction of sp³-hybridized carbons (Fsp3) is 0.385. The number of ether oxygens (including phenoxy) is 1. The highest BCUT2D eigenvalue weighted by Crippen LogP contribution is 2.42. The Morgan fingerprint density at radius 3 is 2.27 bits per heavy atom. The highest BCUT2D eigenvalue weighted by Gasteiger charge is 2.38. The van der Waals surface area contributed by atoms with Crippen LogP contribution in [-0.4, -0.2) is 18.3 Å². The van der Waals surface area contributed by atoms with Gasteiger partial charge in [0.1, 0.15) is 5.75 Å². The lowest BCUT2D eigenvalue weighted by Gasteiger charge is -2.34. The molecule has 1 aliphatic heterocycles. The molecule has 2 aromatic carbocycles. The lowest BCUT2D eigenvalue weighted by atomic mass is 9.73. The minimum Gasteiger partial charge on any atom is -0.494 e. The van der Waals surface area contributed by atoms with Crippen LogP contribution < -0.4 is 10.1 Å². The summed E-state index contributed by atoms with van der Waals surface area (Å²) in [4.78, 5) is 25.6. The summed E-state index contributed by atoms with van der Waals surface area (Å²) >= 11 is 0. The zero-order valence-corrected chi connectivity index (χ0v) is 17.7. The molecule has 0 saturated carbocycles. The first kappa shape index (κ1) is 20.4. The van der Waals surface area contributed by atoms with Gasteiger partial charge in [-0.3, -0.25) is 9.59 Å². The van der Waals surface area contributed by atoms with E-state index in [2.05, 4.69) is 43.4 Å². The van der Waals surface area contributed by atoms with E-state index in [0.29, 0.717) is 25.9 Å². The number of benzene rings is 2. The van der Waals surface area contributed by atoms with Gasteiger partial charge in [-0.15, -0.1) is 0 Å². The number of allylic oxidation sites excluding steroid dienone is 2. The fourth-order valence-electron chi connectivity index (χ4n) is 4.52. The van der Waals surface area contributed by atoms with E-state index in [4.69, 9.17) is 4.74 Å². The Kier molecular flexibility index (Phi) is 6.03. The first-order valence-corrected chi connectivity index (χ1v) is 11.0. The summed E-state index contributed by atoms with van der Waals surface area (Å²) in [7, 11) is 0. The van der Waals surface area contributed by atoms with E-state index in [1.165, 1.54) is 5.56 Å². The molecule has 2 atom stereocenters. The molecule has 0 fully saturated rings. The number of nitrogens with one attached hydrogen (secondary N) is 1. The SMILES string of the molecule is CCCOc1ccc(C2CC(=O)C3=C(C2)NC(=O)CC3c2ccc(CC)cc2)cc1. The summed E-state index contributed by atoms with van der Waals surface area (Å²) in [6.45, 7) is 4.90. The van der Waals surface area contributed by atoms with Crippen LogP contribution in [0.2, 0.25) is 0 Å². The van der Waals surface area contributed by atoms with E-state index in [-0.39, 0.29) is 23.5 Å². The van der Waals surface area contributed by atoms with E-state index >= 15 is 0 Å². The second-order valence-electron chi connectivity index (χ2n) is 8.24. The average Bonchev–Trinajstić information content (AvgIpc) is 2.77. The Balaban J connectivity index is 1.59. The number of aryl methyl sites for hydroxylation is 1. The van der Waals surface area contributed by atoms with Crippen LogP contribution in [0.25, 0.3) is 0 Å². The molecule has 1 amide bonds. The third kappa shape index (κ3) is 4.18. The molecule has 0 bridgehead atoms. The molecule has 2 unspecified atom stereocenters. The maximum Gasteiger partial charge on any atom is 0.225 e. The van der Waals surface area contributed by atoms with Crippen LogP contribution in [0.1, 0.15) is 68.1 Å². The zero-order chi connectivity index (χ0) is 21.1. The van der Waals surface area contributed by atoms with E-state index in [1.54, 1.807) is 0 Å². The molecular weight excluding hydrogens is 374 g/mol. The summed E-state index contributed by atoms with van der Waals surface area (Å²) < 4.78 is 5.66. The Hall–Kier alpha value is -2.88. The van der Waals surface area contributed by atoms with Crippen molar-refractivity contribution < 1.29 is 14.3 Å². The van der Waals surface area contributed by atoms with Crippen molar-refractivity contribution in [2.24, 2.45) is 0 Å². The number of hydrogen-bond donors (Lipinski definition) is 1. The van der Waals surface area contributed by atoms with Crippen molar-refractivity contribution in [3.63, 3.8) is 0 Å². The molecule has 0 aromatic heterocycles. The number of Topliss-reactive ketones (excluding diaryl/α,β-unsaturated/α-hetero) is 1. The van der Waals surface area contributed by atoms with Gasteiger partial charge in [-0.25, -0.2) is 0 Å². The molecule has 4 heteroatoms. The summed E-state index contributed by atoms with van der Waals surface area (Å²) in [6, 6.07) is 16.4. The molecule has 4 rings (SSSR count). The molecule has 1 N–H and O–H groups in total. The summed E-state index contributed by atoms with van der Waals surface area (Å²) in [5.41, 5.74) is 5.04. The second kappa shape index (κ2) is 8.86. The van der Waals surface area contributed by atoms with Gasteiger partial charge in [0.2, 0.25) is 5.91 Å². The third-order valence-electron chi connectivity index (χ3n) is 6.15. The maximum atomic E-state index is 13.2. The minimum absolute atomic E-state index is 0.00455. The van der Waals surface area contributed by atoms with E-state index in [9.17, 15) is 9.59 Å². The number of carbonyl (C=O) groups is 2. The van der Waals surface area contributed by atoms with E-state index < -0.39 is 0 Å². The number of ketones is 1. The number of carbonyl (C=O) groups excluding carboxylic acids is 2. The molecule has 4 nitrogen and oxygen atoms in total. The van der Waals surface area contributed by atoms with Crippen LogP contribution in [0.4, 0.5) is 0 Å². The van der Waals surface area contributed by atoms with E-state index in [0.717, 1.165) is 41.0 Å². The third-order valence-corrected chi connectivity index (χ3v) is 6.15. The van der Waals surface area contributed by atoms with Crippen molar-refractivity contribution in [1.82, 2.24) is 5.32 Å². The highest BCUT2D eigenvalue weighted by molar-refractivity contribution is 6.02. The van der Waals surface area contributed by atoms with Crippen LogP contribution >= 0.6 is 0 Å². The Morgan fingerprint density at radius 2 is 1.60 bits per heavy atom. The summed E-state index contributed by atoms with van der Waals surface area (Å²) in [6.07, 6.45) is 3.45. The highest BCUT2D eigenvalue weighted by atomic mass is 16.5. The lowest BCUT2D eigenvalue weighted by molar-refractivity contribution is -0.122. The molecule has 0 radical (unpaired) electrons. The largest absolute Gasteiger partial charge is 0.494 e. The molecule has 1 aliphatic carbocycles. The van der Waals surface area contributed by atoms with Gasteiger partial charge in [-0.1, -0.05) is 50.2 Å². The van der Waals surface area contributed by atoms with Crippen LogP contribution in [0, 0.1) is 0 Å². The number of hydrogen-bond acceptors (Lipinski definition) is 3. The normalized spacial score (nSPS) is 21.3. The number of amides is 1. The van der Waals surface area contributed by atoms with Gasteiger partial charge in [-0.05, 0) is 54.0 Å². The first-order chi connectivity index (χ1) is 14.6. The summed E-state index contributed by atoms with van der Waals surface area (Å²) in [5, 5.41) is 3.01. The van der Waals surface area contributed by atoms with Crippen molar-refractivity contribution in [3.05, 3.63) is 76.5 Å². The Morgan fingerprint density at radius 1 is 0.900 bits per heavy atom. The second-order valence-corrected chi connectivity index (χ2v) is 8.24. The van der Waals surface area contributed by atoms with Crippen LogP contribution in [0.5, 0.6) is 5.75 Å². The standard InChI is InChI=1S/C26H29NO3/c1-3-13-30-21-11-9-18(10-12-21)20-14-23-26(24(28)15-20)22(16-25(29)27-23)19-7-5-17(4-2)6-8-19/h5-12,20,22H,3-4,13-16H2,1-2H3,(H,27,29). The lowest BCUT2D eigenvalue weighted by Crippen LogP contribution is -2.38. The quantitative estimate of drug-likeness (QED) is 0.735. The van der Waals surface area contributed by atoms with Crippen molar-refractivity contribution in [2.75, 3.05) is 6.61 Å². The smallest absolute Gasteiger partial charge is 0.225 e. The van der Waals surface area contributed by atoms with Crippen LogP contribution in [0.15, 0.2) is 59.8 Å². The van der Waals surface area contributed by atoms with Gasteiger partial charge in [0.15, 0.2) is 5.78 Å². The van der Waals surface area contributed by atoms with Crippen molar-refractivity contribution in [2.45, 2.75) is 57.8 Å². The predicted octanol–water partition coefficient (Wildman–Crippen LogP) is 5.04. The van der Waals surface area contributed by atoms with Crippen molar-refractivity contribution in [1.29, 1.82) is 0 Å². The molecule has 1 heterocycles. The molecular formula is C26H29NO3. The number of rotatable bonds is 6. The van der Waals surface area contributed by atoms with Gasteiger partial charge in [0.05, 0.1) is 6.61 Å². The predicted molar refractivity (Wildman–Crippen MR) is 118 cm³/mol. The van der Waals surface area contributed by atoms with Crippen molar-refractivity contribution >= 4 is 11.7 Å². The molecule has 30 heavy (non-hydrogen) atoms. The molecule has 0 saturated heterocycles. The molecule has 156 valence electrons. The van der Waals surface area contributed by atoms with Gasteiger partial charge < -0.3 is 10.1 Å². The van der Waals surface area contributed by atoms with Gasteiger partial charge in [0.25, 0.3) is 0 Å².